The Morgan fingerprint density at radius 1 is 1.67 bits per heavy atom. The number of rotatable bonds is 2. The second-order valence-electron chi connectivity index (χ2n) is 2.03. The molecule has 1 rings (SSSR count). The maximum Gasteiger partial charge on any atom is 0.105 e. The zero-order valence-electron chi connectivity index (χ0n) is 5.89. The molecule has 50 valence electrons. The minimum absolute atomic E-state index is 0.984. The molecule has 0 aromatic carbocycles. The van der Waals surface area contributed by atoms with E-state index in [1.165, 1.54) is 5.82 Å². The van der Waals surface area contributed by atoms with E-state index in [9.17, 15) is 0 Å². The predicted octanol–water partition coefficient (Wildman–Crippen LogP) is 1.46. The van der Waals surface area contributed by atoms with Crippen LogP contribution in [0.2, 0.25) is 0 Å². The molecular formula is C7H12N2. The van der Waals surface area contributed by atoms with Crippen molar-refractivity contribution in [3.05, 3.63) is 18.3 Å². The van der Waals surface area contributed by atoms with Crippen LogP contribution in [0.25, 0.3) is 0 Å². The van der Waals surface area contributed by atoms with Crippen molar-refractivity contribution in [1.29, 1.82) is 0 Å². The zero-order chi connectivity index (χ0) is 6.69. The summed E-state index contributed by atoms with van der Waals surface area (Å²) in [6.45, 7) is 3.07. The summed E-state index contributed by atoms with van der Waals surface area (Å²) in [5, 5.41) is 3.22. The topological polar surface area (TPSA) is 17.0 Å². The summed E-state index contributed by atoms with van der Waals surface area (Å²) in [6.07, 6.45) is 2.03. The Bertz CT molecular complexity index is 179. The lowest BCUT2D eigenvalue weighted by atomic mass is 10.6. The normalized spacial score (nSPS) is 9.56. The van der Waals surface area contributed by atoms with Crippen molar-refractivity contribution in [1.82, 2.24) is 4.57 Å². The Labute approximate surface area is 55.5 Å². The summed E-state index contributed by atoms with van der Waals surface area (Å²) < 4.78 is 2.06. The maximum atomic E-state index is 3.22. The largest absolute Gasteiger partial charge is 0.372 e. The summed E-state index contributed by atoms with van der Waals surface area (Å²) in [5.74, 6) is 1.18. The number of hydrogen-bond acceptors (Lipinski definition) is 1. The van der Waals surface area contributed by atoms with E-state index in [2.05, 4.69) is 22.9 Å². The van der Waals surface area contributed by atoms with Crippen LogP contribution in [0, 0.1) is 0 Å². The van der Waals surface area contributed by atoms with Gasteiger partial charge in [-0.2, -0.15) is 0 Å². The van der Waals surface area contributed by atoms with E-state index in [0.717, 1.165) is 6.54 Å². The number of aryl methyl sites for hydroxylation is 1. The van der Waals surface area contributed by atoms with Crippen LogP contribution in [0.3, 0.4) is 0 Å². The van der Waals surface area contributed by atoms with Crippen LogP contribution in [0.15, 0.2) is 18.3 Å². The van der Waals surface area contributed by atoms with Gasteiger partial charge in [-0.25, -0.2) is 0 Å². The summed E-state index contributed by atoms with van der Waals surface area (Å²) in [5.41, 5.74) is 0. The highest BCUT2D eigenvalue weighted by Crippen LogP contribution is 2.04. The van der Waals surface area contributed by atoms with Crippen LogP contribution in [0.1, 0.15) is 6.92 Å². The molecule has 0 radical (unpaired) electrons. The fourth-order valence-electron chi connectivity index (χ4n) is 0.826. The molecule has 0 aliphatic carbocycles. The van der Waals surface area contributed by atoms with Crippen molar-refractivity contribution in [3.63, 3.8) is 0 Å². The third kappa shape index (κ3) is 1.25. The Kier molecular flexibility index (Phi) is 1.78. The predicted molar refractivity (Wildman–Crippen MR) is 39.6 cm³/mol. The highest BCUT2D eigenvalue weighted by atomic mass is 15.1. The van der Waals surface area contributed by atoms with Crippen LogP contribution in [0.4, 0.5) is 5.82 Å². The van der Waals surface area contributed by atoms with E-state index in [1.807, 2.05) is 19.3 Å². The molecule has 2 heteroatoms. The van der Waals surface area contributed by atoms with E-state index in [1.54, 1.807) is 0 Å². The van der Waals surface area contributed by atoms with Gasteiger partial charge in [0.1, 0.15) is 5.82 Å². The molecule has 0 spiro atoms. The van der Waals surface area contributed by atoms with Crippen molar-refractivity contribution < 1.29 is 0 Å². The summed E-state index contributed by atoms with van der Waals surface area (Å²) >= 11 is 0. The van der Waals surface area contributed by atoms with Gasteiger partial charge in [0.15, 0.2) is 0 Å². The molecular weight excluding hydrogens is 112 g/mol. The first kappa shape index (κ1) is 6.20. The lowest BCUT2D eigenvalue weighted by Crippen LogP contribution is -2.00. The van der Waals surface area contributed by atoms with Gasteiger partial charge in [0.2, 0.25) is 0 Å². The van der Waals surface area contributed by atoms with Gasteiger partial charge in [0, 0.05) is 19.8 Å². The van der Waals surface area contributed by atoms with E-state index < -0.39 is 0 Å². The molecule has 0 saturated carbocycles. The van der Waals surface area contributed by atoms with Crippen LogP contribution in [-0.2, 0) is 7.05 Å². The van der Waals surface area contributed by atoms with Crippen LogP contribution in [0.5, 0.6) is 0 Å². The third-order valence-electron chi connectivity index (χ3n) is 1.30. The molecule has 1 heterocycles. The van der Waals surface area contributed by atoms with Crippen molar-refractivity contribution in [2.45, 2.75) is 6.92 Å². The van der Waals surface area contributed by atoms with Gasteiger partial charge >= 0.3 is 0 Å². The quantitative estimate of drug-likeness (QED) is 0.631. The van der Waals surface area contributed by atoms with Gasteiger partial charge in [-0.15, -0.1) is 0 Å². The van der Waals surface area contributed by atoms with E-state index in [0.29, 0.717) is 0 Å². The molecule has 0 fully saturated rings. The standard InChI is InChI=1S/C7H12N2/c1-3-8-7-5-4-6-9(7)2/h4-6,8H,3H2,1-2H3. The lowest BCUT2D eigenvalue weighted by Gasteiger charge is -2.02. The summed E-state index contributed by atoms with van der Waals surface area (Å²) in [7, 11) is 2.03. The van der Waals surface area contributed by atoms with Gasteiger partial charge in [-0.3, -0.25) is 0 Å². The van der Waals surface area contributed by atoms with Gasteiger partial charge < -0.3 is 9.88 Å². The number of aromatic nitrogens is 1. The first-order chi connectivity index (χ1) is 4.34. The van der Waals surface area contributed by atoms with Crippen molar-refractivity contribution in [3.8, 4) is 0 Å². The second kappa shape index (κ2) is 2.58. The molecule has 1 aromatic rings. The molecule has 0 amide bonds. The first-order valence-corrected chi connectivity index (χ1v) is 3.20. The zero-order valence-corrected chi connectivity index (χ0v) is 5.89. The van der Waals surface area contributed by atoms with E-state index in [4.69, 9.17) is 0 Å². The average Bonchev–Trinajstić information content (AvgIpc) is 2.18. The Balaban J connectivity index is 2.69. The molecule has 1 N–H and O–H groups in total. The van der Waals surface area contributed by atoms with Crippen molar-refractivity contribution in [2.75, 3.05) is 11.9 Å². The molecule has 0 saturated heterocycles. The lowest BCUT2D eigenvalue weighted by molar-refractivity contribution is 0.921. The van der Waals surface area contributed by atoms with Crippen molar-refractivity contribution >= 4 is 5.82 Å². The fraction of sp³-hybridized carbons (Fsp3) is 0.429. The first-order valence-electron chi connectivity index (χ1n) is 3.20. The molecule has 9 heavy (non-hydrogen) atoms. The minimum atomic E-state index is 0.984. The monoisotopic (exact) mass is 124 g/mol. The smallest absolute Gasteiger partial charge is 0.105 e. The minimum Gasteiger partial charge on any atom is -0.372 e. The Morgan fingerprint density at radius 2 is 2.44 bits per heavy atom. The Hall–Kier alpha value is -0.920. The van der Waals surface area contributed by atoms with Gasteiger partial charge in [0.05, 0.1) is 0 Å². The second-order valence-corrected chi connectivity index (χ2v) is 2.03. The molecule has 0 atom stereocenters. The SMILES string of the molecule is CCNc1cccn1C. The van der Waals surface area contributed by atoms with E-state index in [-0.39, 0.29) is 0 Å². The summed E-state index contributed by atoms with van der Waals surface area (Å²) in [6, 6.07) is 4.08. The number of anilines is 1. The van der Waals surface area contributed by atoms with Crippen LogP contribution >= 0.6 is 0 Å². The molecule has 0 bridgehead atoms. The van der Waals surface area contributed by atoms with Crippen molar-refractivity contribution in [2.24, 2.45) is 7.05 Å². The van der Waals surface area contributed by atoms with Crippen LogP contribution in [-0.4, -0.2) is 11.1 Å². The van der Waals surface area contributed by atoms with E-state index >= 15 is 0 Å². The maximum absolute atomic E-state index is 3.22. The molecule has 0 aliphatic rings. The number of nitrogens with zero attached hydrogens (tertiary/aromatic N) is 1. The fourth-order valence-corrected chi connectivity index (χ4v) is 0.826. The average molecular weight is 124 g/mol. The molecule has 2 nitrogen and oxygen atoms in total. The number of hydrogen-bond donors (Lipinski definition) is 1. The highest BCUT2D eigenvalue weighted by molar-refractivity contribution is 5.35. The number of nitrogens with one attached hydrogen (secondary N) is 1. The molecule has 0 unspecified atom stereocenters. The van der Waals surface area contributed by atoms with Gasteiger partial charge in [-0.1, -0.05) is 0 Å². The Morgan fingerprint density at radius 3 is 2.89 bits per heavy atom. The summed E-state index contributed by atoms with van der Waals surface area (Å²) in [4.78, 5) is 0. The molecule has 1 aromatic heterocycles. The molecule has 0 aliphatic heterocycles. The van der Waals surface area contributed by atoms with Gasteiger partial charge in [-0.05, 0) is 19.1 Å². The van der Waals surface area contributed by atoms with Crippen LogP contribution < -0.4 is 5.32 Å². The highest BCUT2D eigenvalue weighted by Gasteiger charge is 1.89. The third-order valence-corrected chi connectivity index (χ3v) is 1.30. The van der Waals surface area contributed by atoms with Gasteiger partial charge in [0.25, 0.3) is 0 Å².